The van der Waals surface area contributed by atoms with Gasteiger partial charge in [0.15, 0.2) is 5.13 Å². The minimum absolute atomic E-state index is 0.106. The quantitative estimate of drug-likeness (QED) is 0.560. The molecule has 2 heterocycles. The van der Waals surface area contributed by atoms with Crippen LogP contribution < -0.4 is 10.7 Å². The second-order valence-corrected chi connectivity index (χ2v) is 5.58. The smallest absolute Gasteiger partial charge is 0.259 e. The predicted molar refractivity (Wildman–Crippen MR) is 87.2 cm³/mol. The van der Waals surface area contributed by atoms with E-state index in [1.165, 1.54) is 11.3 Å². The molecule has 0 atom stereocenters. The summed E-state index contributed by atoms with van der Waals surface area (Å²) in [5.74, 6) is 0.379. The summed E-state index contributed by atoms with van der Waals surface area (Å²) in [4.78, 5) is 16.2. The Labute approximate surface area is 130 Å². The number of hydrazone groups is 1. The highest BCUT2D eigenvalue weighted by atomic mass is 32.1. The first-order valence-corrected chi connectivity index (χ1v) is 7.50. The van der Waals surface area contributed by atoms with Crippen LogP contribution in [0.3, 0.4) is 0 Å². The van der Waals surface area contributed by atoms with Gasteiger partial charge in [-0.3, -0.25) is 4.79 Å². The SMILES string of the molecule is C/C(=N/NC(=O)CNc1nc2ccccc2s1)c1ccco1. The number of anilines is 1. The van der Waals surface area contributed by atoms with Crippen molar-refractivity contribution in [3.63, 3.8) is 0 Å². The van der Waals surface area contributed by atoms with Gasteiger partial charge < -0.3 is 9.73 Å². The van der Waals surface area contributed by atoms with Crippen molar-refractivity contribution in [2.75, 3.05) is 11.9 Å². The van der Waals surface area contributed by atoms with Crippen molar-refractivity contribution < 1.29 is 9.21 Å². The molecule has 2 N–H and O–H groups in total. The highest BCUT2D eigenvalue weighted by Crippen LogP contribution is 2.24. The number of fused-ring (bicyclic) bond motifs is 1. The topological polar surface area (TPSA) is 79.5 Å². The lowest BCUT2D eigenvalue weighted by molar-refractivity contribution is -0.119. The fourth-order valence-corrected chi connectivity index (χ4v) is 2.69. The van der Waals surface area contributed by atoms with Crippen molar-refractivity contribution in [2.24, 2.45) is 5.10 Å². The van der Waals surface area contributed by atoms with Crippen molar-refractivity contribution in [3.8, 4) is 0 Å². The molecule has 3 aromatic rings. The summed E-state index contributed by atoms with van der Waals surface area (Å²) in [5, 5.41) is 7.69. The number of aromatic nitrogens is 1. The van der Waals surface area contributed by atoms with E-state index in [2.05, 4.69) is 20.8 Å². The van der Waals surface area contributed by atoms with E-state index in [1.54, 1.807) is 25.3 Å². The highest BCUT2D eigenvalue weighted by molar-refractivity contribution is 7.22. The van der Waals surface area contributed by atoms with Crippen LogP contribution in [0.2, 0.25) is 0 Å². The summed E-state index contributed by atoms with van der Waals surface area (Å²) < 4.78 is 6.27. The van der Waals surface area contributed by atoms with E-state index in [0.29, 0.717) is 16.6 Å². The monoisotopic (exact) mass is 314 g/mol. The van der Waals surface area contributed by atoms with E-state index < -0.39 is 0 Å². The number of carbonyl (C=O) groups is 1. The summed E-state index contributed by atoms with van der Waals surface area (Å²) in [6.45, 7) is 1.87. The van der Waals surface area contributed by atoms with E-state index in [0.717, 1.165) is 10.2 Å². The first-order valence-electron chi connectivity index (χ1n) is 6.69. The molecule has 0 saturated heterocycles. The highest BCUT2D eigenvalue weighted by Gasteiger charge is 2.06. The lowest BCUT2D eigenvalue weighted by atomic mass is 10.3. The third-order valence-electron chi connectivity index (χ3n) is 2.92. The van der Waals surface area contributed by atoms with Gasteiger partial charge in [-0.1, -0.05) is 23.5 Å². The lowest BCUT2D eigenvalue weighted by Crippen LogP contribution is -2.26. The maximum atomic E-state index is 11.8. The van der Waals surface area contributed by atoms with Crippen molar-refractivity contribution in [2.45, 2.75) is 6.92 Å². The largest absolute Gasteiger partial charge is 0.463 e. The van der Waals surface area contributed by atoms with Gasteiger partial charge in [0.1, 0.15) is 11.5 Å². The number of para-hydroxylation sites is 1. The molecule has 22 heavy (non-hydrogen) atoms. The van der Waals surface area contributed by atoms with E-state index >= 15 is 0 Å². The first kappa shape index (κ1) is 14.3. The van der Waals surface area contributed by atoms with Gasteiger partial charge in [-0.05, 0) is 31.2 Å². The molecule has 0 spiro atoms. The van der Waals surface area contributed by atoms with Crippen LogP contribution in [0.4, 0.5) is 5.13 Å². The molecule has 6 nitrogen and oxygen atoms in total. The zero-order chi connectivity index (χ0) is 15.4. The Kier molecular flexibility index (Phi) is 4.15. The van der Waals surface area contributed by atoms with Crippen LogP contribution in [0.5, 0.6) is 0 Å². The molecular weight excluding hydrogens is 300 g/mol. The summed E-state index contributed by atoms with van der Waals surface area (Å²) in [7, 11) is 0. The third kappa shape index (κ3) is 3.32. The van der Waals surface area contributed by atoms with Crippen LogP contribution in [-0.4, -0.2) is 23.1 Å². The first-order chi connectivity index (χ1) is 10.7. The Balaban J connectivity index is 1.55. The molecule has 3 rings (SSSR count). The Morgan fingerprint density at radius 3 is 2.95 bits per heavy atom. The van der Waals surface area contributed by atoms with Crippen LogP contribution in [-0.2, 0) is 4.79 Å². The van der Waals surface area contributed by atoms with Gasteiger partial charge in [0.05, 0.1) is 23.0 Å². The average molecular weight is 314 g/mol. The maximum absolute atomic E-state index is 11.8. The van der Waals surface area contributed by atoms with Gasteiger partial charge >= 0.3 is 0 Å². The summed E-state index contributed by atoms with van der Waals surface area (Å²) in [6.07, 6.45) is 1.56. The fraction of sp³-hybridized carbons (Fsp3) is 0.133. The molecule has 0 aliphatic carbocycles. The van der Waals surface area contributed by atoms with E-state index in [1.807, 2.05) is 24.3 Å². The number of rotatable bonds is 5. The van der Waals surface area contributed by atoms with E-state index in [4.69, 9.17) is 4.42 Å². The molecule has 0 bridgehead atoms. The number of hydrogen-bond acceptors (Lipinski definition) is 6. The second kappa shape index (κ2) is 6.40. The molecule has 1 amide bonds. The third-order valence-corrected chi connectivity index (χ3v) is 3.91. The minimum Gasteiger partial charge on any atom is -0.463 e. The number of carbonyl (C=O) groups excluding carboxylic acids is 1. The molecule has 2 aromatic heterocycles. The minimum atomic E-state index is -0.245. The molecular formula is C15H14N4O2S. The Morgan fingerprint density at radius 2 is 2.18 bits per heavy atom. The summed E-state index contributed by atoms with van der Waals surface area (Å²) >= 11 is 1.51. The van der Waals surface area contributed by atoms with Crippen molar-refractivity contribution in [1.82, 2.24) is 10.4 Å². The number of amides is 1. The van der Waals surface area contributed by atoms with Gasteiger partial charge in [-0.25, -0.2) is 10.4 Å². The van der Waals surface area contributed by atoms with E-state index in [-0.39, 0.29) is 12.5 Å². The molecule has 0 aliphatic heterocycles. The van der Waals surface area contributed by atoms with Crippen LogP contribution in [0.1, 0.15) is 12.7 Å². The molecule has 112 valence electrons. The second-order valence-electron chi connectivity index (χ2n) is 4.55. The Hall–Kier alpha value is -2.67. The Morgan fingerprint density at radius 1 is 1.32 bits per heavy atom. The van der Waals surface area contributed by atoms with Crippen molar-refractivity contribution >= 4 is 38.3 Å². The molecule has 0 unspecified atom stereocenters. The molecule has 0 aliphatic rings. The number of nitrogens with one attached hydrogen (secondary N) is 2. The molecule has 1 aromatic carbocycles. The van der Waals surface area contributed by atoms with Crippen molar-refractivity contribution in [3.05, 3.63) is 48.4 Å². The zero-order valence-electron chi connectivity index (χ0n) is 11.9. The zero-order valence-corrected chi connectivity index (χ0v) is 12.7. The number of benzene rings is 1. The van der Waals surface area contributed by atoms with Gasteiger partial charge in [0.2, 0.25) is 0 Å². The normalized spacial score (nSPS) is 11.6. The van der Waals surface area contributed by atoms with Gasteiger partial charge in [0, 0.05) is 0 Å². The van der Waals surface area contributed by atoms with Gasteiger partial charge in [-0.15, -0.1) is 0 Å². The van der Waals surface area contributed by atoms with Crippen LogP contribution in [0, 0.1) is 0 Å². The lowest BCUT2D eigenvalue weighted by Gasteiger charge is -2.02. The summed E-state index contributed by atoms with van der Waals surface area (Å²) in [6, 6.07) is 11.4. The number of thiazole rings is 1. The average Bonchev–Trinajstić information content (AvgIpc) is 3.19. The van der Waals surface area contributed by atoms with E-state index in [9.17, 15) is 4.79 Å². The standard InChI is InChI=1S/C15H14N4O2S/c1-10(12-6-4-8-21-12)18-19-14(20)9-16-15-17-11-5-2-3-7-13(11)22-15/h2-8H,9H2,1H3,(H,16,17)(H,19,20)/b18-10-. The predicted octanol–water partition coefficient (Wildman–Crippen LogP) is 2.84. The molecule has 7 heteroatoms. The Bertz CT molecular complexity index is 775. The molecule has 0 saturated carbocycles. The number of furan rings is 1. The fourth-order valence-electron chi connectivity index (χ4n) is 1.83. The molecule has 0 radical (unpaired) electrons. The van der Waals surface area contributed by atoms with Crippen molar-refractivity contribution in [1.29, 1.82) is 0 Å². The number of nitrogens with zero attached hydrogens (tertiary/aromatic N) is 2. The van der Waals surface area contributed by atoms with Gasteiger partial charge in [0.25, 0.3) is 5.91 Å². The molecule has 0 fully saturated rings. The maximum Gasteiger partial charge on any atom is 0.259 e. The van der Waals surface area contributed by atoms with Crippen LogP contribution in [0.25, 0.3) is 10.2 Å². The van der Waals surface area contributed by atoms with Gasteiger partial charge in [-0.2, -0.15) is 5.10 Å². The number of hydrogen-bond donors (Lipinski definition) is 2. The van der Waals surface area contributed by atoms with Crippen LogP contribution >= 0.6 is 11.3 Å². The van der Waals surface area contributed by atoms with Crippen LogP contribution in [0.15, 0.2) is 52.2 Å². The summed E-state index contributed by atoms with van der Waals surface area (Å²) in [5.41, 5.74) is 4.01.